The Bertz CT molecular complexity index is 563. The smallest absolute Gasteiger partial charge is 0.335 e. The summed E-state index contributed by atoms with van der Waals surface area (Å²) in [7, 11) is 0. The molecule has 2 aromatic rings. The number of carbonyl (C=O) groups is 2. The van der Waals surface area contributed by atoms with Crippen molar-refractivity contribution in [3.8, 4) is 0 Å². The van der Waals surface area contributed by atoms with Gasteiger partial charge in [-0.15, -0.1) is 0 Å². The van der Waals surface area contributed by atoms with E-state index in [0.29, 0.717) is 11.3 Å². The number of benzene rings is 1. The summed E-state index contributed by atoms with van der Waals surface area (Å²) >= 11 is 0. The van der Waals surface area contributed by atoms with Gasteiger partial charge in [-0.3, -0.25) is 4.79 Å². The number of carbonyl (C=O) groups excluding carboxylic acids is 1. The number of hydrogen-bond acceptors (Lipinski definition) is 4. The lowest BCUT2D eigenvalue weighted by Gasteiger charge is -2.05. The molecule has 0 saturated carbocycles. The number of aromatic nitrogens is 1. The maximum absolute atomic E-state index is 11.7. The summed E-state index contributed by atoms with van der Waals surface area (Å²) < 4.78 is 4.57. The van der Waals surface area contributed by atoms with Crippen molar-refractivity contribution in [3.63, 3.8) is 0 Å². The van der Waals surface area contributed by atoms with Gasteiger partial charge in [0.15, 0.2) is 0 Å². The molecule has 2 rings (SSSR count). The van der Waals surface area contributed by atoms with Crippen molar-refractivity contribution in [2.45, 2.75) is 6.42 Å². The molecule has 0 atom stereocenters. The van der Waals surface area contributed by atoms with Crippen LogP contribution in [0.2, 0.25) is 0 Å². The van der Waals surface area contributed by atoms with Gasteiger partial charge in [-0.1, -0.05) is 23.4 Å². The SMILES string of the molecule is O=C(Cc1ccccc1C(=O)O)Nc1cnoc1. The minimum absolute atomic E-state index is 0.0202. The third-order valence-electron chi connectivity index (χ3n) is 2.31. The predicted octanol–water partition coefficient (Wildman–Crippen LogP) is 1.55. The molecule has 0 fully saturated rings. The quantitative estimate of drug-likeness (QED) is 0.853. The van der Waals surface area contributed by atoms with Crippen molar-refractivity contribution in [2.24, 2.45) is 0 Å². The summed E-state index contributed by atoms with van der Waals surface area (Å²) in [6, 6.07) is 6.38. The van der Waals surface area contributed by atoms with E-state index in [0.717, 1.165) is 0 Å². The highest BCUT2D eigenvalue weighted by Gasteiger charge is 2.12. The molecular formula is C12H10N2O4. The fourth-order valence-electron chi connectivity index (χ4n) is 1.53. The first-order valence-corrected chi connectivity index (χ1v) is 5.17. The minimum atomic E-state index is -1.05. The molecule has 92 valence electrons. The molecule has 6 nitrogen and oxygen atoms in total. The van der Waals surface area contributed by atoms with Gasteiger partial charge < -0.3 is 14.9 Å². The van der Waals surface area contributed by atoms with E-state index in [1.807, 2.05) is 0 Å². The molecule has 0 spiro atoms. The number of carboxylic acids is 1. The van der Waals surface area contributed by atoms with Gasteiger partial charge in [0.2, 0.25) is 5.91 Å². The van der Waals surface area contributed by atoms with Gasteiger partial charge in [-0.05, 0) is 11.6 Å². The zero-order chi connectivity index (χ0) is 13.0. The first-order valence-electron chi connectivity index (χ1n) is 5.17. The van der Waals surface area contributed by atoms with Crippen LogP contribution in [0.3, 0.4) is 0 Å². The Kier molecular flexibility index (Phi) is 3.38. The number of amides is 1. The van der Waals surface area contributed by atoms with Crippen LogP contribution in [0.4, 0.5) is 5.69 Å². The Morgan fingerprint density at radius 3 is 2.78 bits per heavy atom. The van der Waals surface area contributed by atoms with Gasteiger partial charge in [-0.2, -0.15) is 0 Å². The van der Waals surface area contributed by atoms with E-state index >= 15 is 0 Å². The second-order valence-electron chi connectivity index (χ2n) is 3.60. The standard InChI is InChI=1S/C12H10N2O4/c15-11(14-9-6-13-18-7-9)5-8-3-1-2-4-10(8)12(16)17/h1-4,6-7H,5H2,(H,14,15)(H,16,17). The molecule has 1 aromatic carbocycles. The Hall–Kier alpha value is -2.63. The van der Waals surface area contributed by atoms with Gasteiger partial charge >= 0.3 is 5.97 Å². The number of rotatable bonds is 4. The maximum Gasteiger partial charge on any atom is 0.335 e. The van der Waals surface area contributed by atoms with Gasteiger partial charge in [-0.25, -0.2) is 4.79 Å². The number of carboxylic acid groups (broad SMARTS) is 1. The first kappa shape index (κ1) is 11.8. The average molecular weight is 246 g/mol. The fraction of sp³-hybridized carbons (Fsp3) is 0.0833. The van der Waals surface area contributed by atoms with E-state index in [9.17, 15) is 9.59 Å². The van der Waals surface area contributed by atoms with Gasteiger partial charge in [0.05, 0.1) is 18.2 Å². The Morgan fingerprint density at radius 2 is 2.11 bits per heavy atom. The van der Waals surface area contributed by atoms with Crippen molar-refractivity contribution in [1.29, 1.82) is 0 Å². The van der Waals surface area contributed by atoms with Crippen molar-refractivity contribution in [2.75, 3.05) is 5.32 Å². The third kappa shape index (κ3) is 2.73. The van der Waals surface area contributed by atoms with E-state index in [1.54, 1.807) is 18.2 Å². The summed E-state index contributed by atoms with van der Waals surface area (Å²) in [5.74, 6) is -1.38. The molecular weight excluding hydrogens is 236 g/mol. The van der Waals surface area contributed by atoms with E-state index in [4.69, 9.17) is 5.11 Å². The summed E-state index contributed by atoms with van der Waals surface area (Å²) in [6.45, 7) is 0. The Balaban J connectivity index is 2.09. The number of nitrogens with zero attached hydrogens (tertiary/aromatic N) is 1. The van der Waals surface area contributed by atoms with Gasteiger partial charge in [0.25, 0.3) is 0 Å². The van der Waals surface area contributed by atoms with Crippen molar-refractivity contribution >= 4 is 17.6 Å². The molecule has 18 heavy (non-hydrogen) atoms. The van der Waals surface area contributed by atoms with Crippen LogP contribution >= 0.6 is 0 Å². The summed E-state index contributed by atoms with van der Waals surface area (Å²) in [5.41, 5.74) is 1.02. The lowest BCUT2D eigenvalue weighted by atomic mass is 10.0. The van der Waals surface area contributed by atoms with E-state index in [2.05, 4.69) is 15.0 Å². The van der Waals surface area contributed by atoms with Crippen LogP contribution < -0.4 is 5.32 Å². The van der Waals surface area contributed by atoms with Crippen LogP contribution in [0.1, 0.15) is 15.9 Å². The highest BCUT2D eigenvalue weighted by Crippen LogP contribution is 2.11. The highest BCUT2D eigenvalue weighted by molar-refractivity contribution is 5.95. The van der Waals surface area contributed by atoms with Crippen molar-refractivity contribution in [3.05, 3.63) is 47.9 Å². The Morgan fingerprint density at radius 1 is 1.33 bits per heavy atom. The summed E-state index contributed by atoms with van der Waals surface area (Å²) in [4.78, 5) is 22.6. The molecule has 0 bridgehead atoms. The van der Waals surface area contributed by atoms with Crippen LogP contribution in [0, 0.1) is 0 Å². The molecule has 0 radical (unpaired) electrons. The lowest BCUT2D eigenvalue weighted by Crippen LogP contribution is -2.16. The van der Waals surface area contributed by atoms with E-state index in [1.165, 1.54) is 18.5 Å². The molecule has 1 heterocycles. The van der Waals surface area contributed by atoms with Gasteiger partial charge in [0.1, 0.15) is 12.0 Å². The summed E-state index contributed by atoms with van der Waals surface area (Å²) in [5, 5.41) is 15.0. The molecule has 1 aromatic heterocycles. The number of nitrogens with one attached hydrogen (secondary N) is 1. The molecule has 0 unspecified atom stereocenters. The third-order valence-corrected chi connectivity index (χ3v) is 2.31. The first-order chi connectivity index (χ1) is 8.66. The largest absolute Gasteiger partial charge is 0.478 e. The minimum Gasteiger partial charge on any atom is -0.478 e. The van der Waals surface area contributed by atoms with E-state index in [-0.39, 0.29) is 17.9 Å². The second kappa shape index (κ2) is 5.13. The van der Waals surface area contributed by atoms with Crippen LogP contribution in [0.5, 0.6) is 0 Å². The Labute approximate surface area is 102 Å². The number of aromatic carboxylic acids is 1. The molecule has 0 aliphatic carbocycles. The maximum atomic E-state index is 11.7. The van der Waals surface area contributed by atoms with Crippen molar-refractivity contribution < 1.29 is 19.2 Å². The molecule has 1 amide bonds. The highest BCUT2D eigenvalue weighted by atomic mass is 16.5. The second-order valence-corrected chi connectivity index (χ2v) is 3.60. The molecule has 0 saturated heterocycles. The van der Waals surface area contributed by atoms with Crippen LogP contribution in [-0.2, 0) is 11.2 Å². The van der Waals surface area contributed by atoms with Crippen LogP contribution in [-0.4, -0.2) is 22.1 Å². The van der Waals surface area contributed by atoms with Crippen LogP contribution in [0.15, 0.2) is 41.2 Å². The molecule has 0 aliphatic heterocycles. The predicted molar refractivity (Wildman–Crippen MR) is 62.2 cm³/mol. The van der Waals surface area contributed by atoms with Crippen LogP contribution in [0.25, 0.3) is 0 Å². The molecule has 2 N–H and O–H groups in total. The summed E-state index contributed by atoms with van der Waals surface area (Å²) in [6.07, 6.45) is 2.63. The lowest BCUT2D eigenvalue weighted by molar-refractivity contribution is -0.115. The topological polar surface area (TPSA) is 92.4 Å². The van der Waals surface area contributed by atoms with Crippen molar-refractivity contribution in [1.82, 2.24) is 5.16 Å². The van der Waals surface area contributed by atoms with Gasteiger partial charge in [0, 0.05) is 0 Å². The fourth-order valence-corrected chi connectivity index (χ4v) is 1.53. The van der Waals surface area contributed by atoms with E-state index < -0.39 is 5.97 Å². The number of hydrogen-bond donors (Lipinski definition) is 2. The average Bonchev–Trinajstić information content (AvgIpc) is 2.82. The zero-order valence-electron chi connectivity index (χ0n) is 9.29. The molecule has 0 aliphatic rings. The zero-order valence-corrected chi connectivity index (χ0v) is 9.29. The normalized spacial score (nSPS) is 10.0. The molecule has 6 heteroatoms. The monoisotopic (exact) mass is 246 g/mol. The number of anilines is 1.